The van der Waals surface area contributed by atoms with Gasteiger partial charge in [-0.15, -0.1) is 0 Å². The monoisotopic (exact) mass is 311 g/mol. The van der Waals surface area contributed by atoms with Gasteiger partial charge in [0.15, 0.2) is 5.65 Å². The first kappa shape index (κ1) is 15.3. The third-order valence-electron chi connectivity index (χ3n) is 3.67. The molecule has 0 aliphatic carbocycles. The lowest BCUT2D eigenvalue weighted by Gasteiger charge is -2.14. The van der Waals surface area contributed by atoms with Crippen molar-refractivity contribution in [2.24, 2.45) is 7.05 Å². The Hall–Kier alpha value is -2.63. The van der Waals surface area contributed by atoms with E-state index in [1.54, 1.807) is 0 Å². The lowest BCUT2D eigenvalue weighted by atomic mass is 9.92. The molecule has 3 rings (SSSR count). The second kappa shape index (κ2) is 5.22. The molecule has 2 aromatic heterocycles. The predicted octanol–water partition coefficient (Wildman–Crippen LogP) is 3.22. The van der Waals surface area contributed by atoms with Gasteiger partial charge >= 0.3 is 0 Å². The van der Waals surface area contributed by atoms with Crippen LogP contribution in [0.5, 0.6) is 0 Å². The van der Waals surface area contributed by atoms with Crippen LogP contribution in [0.2, 0.25) is 0 Å². The Kier molecular flexibility index (Phi) is 3.47. The SMILES string of the molecule is CC(=O)Nc1ccc(-c2nc3c([nH]2)c(C(C)(C)C)nn3C)cc1. The Bertz CT molecular complexity index is 865. The fraction of sp³-hybridized carbons (Fsp3) is 0.353. The number of nitrogens with zero attached hydrogens (tertiary/aromatic N) is 3. The highest BCUT2D eigenvalue weighted by atomic mass is 16.1. The van der Waals surface area contributed by atoms with Crippen LogP contribution in [0.15, 0.2) is 24.3 Å². The van der Waals surface area contributed by atoms with E-state index in [0.717, 1.165) is 33.9 Å². The number of aromatic nitrogens is 4. The smallest absolute Gasteiger partial charge is 0.221 e. The molecular formula is C17H21N5O. The number of nitrogens with one attached hydrogen (secondary N) is 2. The molecule has 0 aliphatic heterocycles. The maximum Gasteiger partial charge on any atom is 0.221 e. The number of anilines is 1. The van der Waals surface area contributed by atoms with Gasteiger partial charge in [-0.25, -0.2) is 9.67 Å². The molecule has 6 nitrogen and oxygen atoms in total. The summed E-state index contributed by atoms with van der Waals surface area (Å²) in [6.07, 6.45) is 0. The highest BCUT2D eigenvalue weighted by Gasteiger charge is 2.24. The normalized spacial score (nSPS) is 11.9. The number of fused-ring (bicyclic) bond motifs is 1. The topological polar surface area (TPSA) is 75.6 Å². The number of carbonyl (C=O) groups excluding carboxylic acids is 1. The molecular weight excluding hydrogens is 290 g/mol. The van der Waals surface area contributed by atoms with E-state index >= 15 is 0 Å². The third kappa shape index (κ3) is 2.84. The van der Waals surface area contributed by atoms with E-state index in [9.17, 15) is 4.79 Å². The highest BCUT2D eigenvalue weighted by Crippen LogP contribution is 2.30. The zero-order valence-electron chi connectivity index (χ0n) is 14.1. The van der Waals surface area contributed by atoms with E-state index in [-0.39, 0.29) is 11.3 Å². The molecule has 0 atom stereocenters. The van der Waals surface area contributed by atoms with Crippen LogP contribution in [0.4, 0.5) is 5.69 Å². The van der Waals surface area contributed by atoms with Crippen molar-refractivity contribution in [2.75, 3.05) is 5.32 Å². The van der Waals surface area contributed by atoms with Crippen LogP contribution >= 0.6 is 0 Å². The second-order valence-corrected chi connectivity index (χ2v) is 6.76. The first-order valence-electron chi connectivity index (χ1n) is 7.57. The second-order valence-electron chi connectivity index (χ2n) is 6.76. The van der Waals surface area contributed by atoms with E-state index in [0.29, 0.717) is 0 Å². The molecule has 1 aromatic carbocycles. The minimum absolute atomic E-state index is 0.0570. The van der Waals surface area contributed by atoms with Crippen LogP contribution in [0, 0.1) is 0 Å². The average Bonchev–Trinajstić information content (AvgIpc) is 2.99. The summed E-state index contributed by atoms with van der Waals surface area (Å²) in [5, 5.41) is 7.34. The third-order valence-corrected chi connectivity index (χ3v) is 3.67. The van der Waals surface area contributed by atoms with Crippen molar-refractivity contribution < 1.29 is 4.79 Å². The Balaban J connectivity index is 2.02. The maximum absolute atomic E-state index is 11.1. The molecule has 0 aliphatic rings. The Morgan fingerprint density at radius 1 is 1.22 bits per heavy atom. The highest BCUT2D eigenvalue weighted by molar-refractivity contribution is 5.89. The standard InChI is InChI=1S/C17H21N5O/c1-10(23)18-12-8-6-11(7-9-12)15-19-13-14(17(2,3)4)21-22(5)16(13)20-15/h6-9H,1-5H3,(H,18,23)(H,19,20). The van der Waals surface area contributed by atoms with Gasteiger partial charge in [0.05, 0.1) is 5.69 Å². The molecule has 1 amide bonds. The van der Waals surface area contributed by atoms with E-state index in [2.05, 4.69) is 41.2 Å². The number of imidazole rings is 1. The predicted molar refractivity (Wildman–Crippen MR) is 91.3 cm³/mol. The maximum atomic E-state index is 11.1. The van der Waals surface area contributed by atoms with Crippen molar-refractivity contribution >= 4 is 22.8 Å². The molecule has 6 heteroatoms. The molecule has 0 saturated heterocycles. The average molecular weight is 311 g/mol. The molecule has 23 heavy (non-hydrogen) atoms. The summed E-state index contributed by atoms with van der Waals surface area (Å²) in [4.78, 5) is 19.1. The van der Waals surface area contributed by atoms with Crippen LogP contribution in [0.25, 0.3) is 22.6 Å². The van der Waals surface area contributed by atoms with Gasteiger partial charge in [-0.3, -0.25) is 4.79 Å². The molecule has 2 heterocycles. The number of benzene rings is 1. The number of carbonyl (C=O) groups is 1. The van der Waals surface area contributed by atoms with Gasteiger partial charge < -0.3 is 10.3 Å². The number of amides is 1. The summed E-state index contributed by atoms with van der Waals surface area (Å²) in [7, 11) is 1.90. The van der Waals surface area contributed by atoms with Crippen molar-refractivity contribution in [3.05, 3.63) is 30.0 Å². The first-order valence-corrected chi connectivity index (χ1v) is 7.57. The zero-order valence-corrected chi connectivity index (χ0v) is 14.1. The van der Waals surface area contributed by atoms with E-state index in [1.165, 1.54) is 6.92 Å². The summed E-state index contributed by atoms with van der Waals surface area (Å²) in [6.45, 7) is 7.90. The zero-order chi connectivity index (χ0) is 16.8. The Labute approximate surface area is 134 Å². The van der Waals surface area contributed by atoms with Crippen LogP contribution < -0.4 is 5.32 Å². The fourth-order valence-electron chi connectivity index (χ4n) is 2.59. The Morgan fingerprint density at radius 2 is 1.87 bits per heavy atom. The van der Waals surface area contributed by atoms with Crippen LogP contribution in [-0.2, 0) is 17.3 Å². The summed E-state index contributed by atoms with van der Waals surface area (Å²) in [5.41, 5.74) is 4.50. The molecule has 0 fully saturated rings. The summed E-state index contributed by atoms with van der Waals surface area (Å²) in [5.74, 6) is 0.718. The van der Waals surface area contributed by atoms with Crippen molar-refractivity contribution in [1.29, 1.82) is 0 Å². The van der Waals surface area contributed by atoms with Gasteiger partial charge in [-0.05, 0) is 24.3 Å². The van der Waals surface area contributed by atoms with Gasteiger partial charge in [-0.2, -0.15) is 5.10 Å². The number of hydrogen-bond acceptors (Lipinski definition) is 3. The fourth-order valence-corrected chi connectivity index (χ4v) is 2.59. The number of aryl methyl sites for hydroxylation is 1. The summed E-state index contributed by atoms with van der Waals surface area (Å²) >= 11 is 0. The Morgan fingerprint density at radius 3 is 2.43 bits per heavy atom. The molecule has 0 spiro atoms. The molecule has 0 unspecified atom stereocenters. The van der Waals surface area contributed by atoms with Crippen LogP contribution in [-0.4, -0.2) is 25.7 Å². The number of aromatic amines is 1. The van der Waals surface area contributed by atoms with Crippen LogP contribution in [0.3, 0.4) is 0 Å². The minimum Gasteiger partial charge on any atom is -0.335 e. The molecule has 0 bridgehead atoms. The largest absolute Gasteiger partial charge is 0.335 e. The van der Waals surface area contributed by atoms with E-state index in [4.69, 9.17) is 0 Å². The van der Waals surface area contributed by atoms with Gasteiger partial charge in [0.1, 0.15) is 11.3 Å². The van der Waals surface area contributed by atoms with Crippen molar-refractivity contribution in [2.45, 2.75) is 33.1 Å². The van der Waals surface area contributed by atoms with E-state index in [1.807, 2.05) is 36.0 Å². The van der Waals surface area contributed by atoms with Crippen molar-refractivity contribution in [3.8, 4) is 11.4 Å². The quantitative estimate of drug-likeness (QED) is 0.763. The number of hydrogen-bond donors (Lipinski definition) is 2. The number of H-pyrrole nitrogens is 1. The first-order chi connectivity index (χ1) is 10.8. The molecule has 2 N–H and O–H groups in total. The van der Waals surface area contributed by atoms with Gasteiger partial charge in [0, 0.05) is 30.6 Å². The molecule has 120 valence electrons. The van der Waals surface area contributed by atoms with Crippen molar-refractivity contribution in [1.82, 2.24) is 19.7 Å². The lowest BCUT2D eigenvalue weighted by molar-refractivity contribution is -0.114. The summed E-state index contributed by atoms with van der Waals surface area (Å²) < 4.78 is 1.81. The van der Waals surface area contributed by atoms with Crippen molar-refractivity contribution in [3.63, 3.8) is 0 Å². The molecule has 0 radical (unpaired) electrons. The molecule has 0 saturated carbocycles. The van der Waals surface area contributed by atoms with Crippen LogP contribution in [0.1, 0.15) is 33.4 Å². The van der Waals surface area contributed by atoms with Gasteiger partial charge in [0.25, 0.3) is 0 Å². The lowest BCUT2D eigenvalue weighted by Crippen LogP contribution is -2.13. The molecule has 3 aromatic rings. The summed E-state index contributed by atoms with van der Waals surface area (Å²) in [6, 6.07) is 7.61. The minimum atomic E-state index is -0.0811. The van der Waals surface area contributed by atoms with Gasteiger partial charge in [0.2, 0.25) is 5.91 Å². The van der Waals surface area contributed by atoms with E-state index < -0.39 is 0 Å². The number of rotatable bonds is 2. The van der Waals surface area contributed by atoms with Gasteiger partial charge in [-0.1, -0.05) is 20.8 Å².